The Labute approximate surface area is 285 Å². The number of amides is 1. The van der Waals surface area contributed by atoms with Crippen LogP contribution in [0.1, 0.15) is 72.6 Å². The summed E-state index contributed by atoms with van der Waals surface area (Å²) in [5.74, 6) is -1.05. The number of anilines is 4. The van der Waals surface area contributed by atoms with Gasteiger partial charge in [0, 0.05) is 31.5 Å². The number of alkyl halides is 3. The van der Waals surface area contributed by atoms with Gasteiger partial charge in [0.05, 0.1) is 47.5 Å². The summed E-state index contributed by atoms with van der Waals surface area (Å²) in [6, 6.07) is 7.80. The molecule has 2 aromatic carbocycles. The van der Waals surface area contributed by atoms with E-state index in [4.69, 9.17) is 4.74 Å². The van der Waals surface area contributed by atoms with E-state index in [-0.39, 0.29) is 66.1 Å². The minimum Gasteiger partial charge on any atom is -0.495 e. The van der Waals surface area contributed by atoms with E-state index in [2.05, 4.69) is 25.7 Å². The molecule has 0 saturated heterocycles. The van der Waals surface area contributed by atoms with Gasteiger partial charge in [0.15, 0.2) is 0 Å². The van der Waals surface area contributed by atoms with Crippen LogP contribution in [0.5, 0.6) is 5.75 Å². The first-order valence-electron chi connectivity index (χ1n) is 16.0. The highest BCUT2D eigenvalue weighted by molar-refractivity contribution is 7.53. The van der Waals surface area contributed by atoms with Gasteiger partial charge in [-0.15, -0.1) is 0 Å². The summed E-state index contributed by atoms with van der Waals surface area (Å²) >= 11 is 0. The molecule has 1 aliphatic carbocycles. The number of carbonyl (C=O) groups excluding carboxylic acids is 1. The molecule has 1 saturated carbocycles. The smallest absolute Gasteiger partial charge is 0.421 e. The predicted octanol–water partition coefficient (Wildman–Crippen LogP) is 6.33. The number of hydrogen-bond donors (Lipinski definition) is 5. The fourth-order valence-electron chi connectivity index (χ4n) is 6.70. The first kappa shape index (κ1) is 35.3. The van der Waals surface area contributed by atoms with Gasteiger partial charge in [-0.3, -0.25) is 14.0 Å². The third-order valence-corrected chi connectivity index (χ3v) is 11.7. The minimum atomic E-state index is -4.85. The Kier molecular flexibility index (Phi) is 9.18. The fourth-order valence-corrected chi connectivity index (χ4v) is 8.00. The van der Waals surface area contributed by atoms with Crippen LogP contribution in [0.25, 0.3) is 11.1 Å². The number of halogens is 3. The Balaban J connectivity index is 1.35. The molecule has 2 aliphatic rings. The molecular formula is C33H37F3N7O6P. The molecule has 0 radical (unpaired) electrons. The predicted molar refractivity (Wildman–Crippen MR) is 179 cm³/mol. The number of aromatic nitrogens is 4. The normalized spacial score (nSPS) is 17.8. The lowest BCUT2D eigenvalue weighted by molar-refractivity contribution is -0.137. The zero-order chi connectivity index (χ0) is 36.2. The number of nitrogens with one attached hydrogen (secondary N) is 2. The fraction of sp³-hybridized carbons (Fsp3) is 0.394. The van der Waals surface area contributed by atoms with Crippen LogP contribution in [0, 0.1) is 0 Å². The first-order valence-corrected chi connectivity index (χ1v) is 17.6. The molecule has 6 rings (SSSR count). The van der Waals surface area contributed by atoms with Gasteiger partial charge < -0.3 is 35.2 Å². The Morgan fingerprint density at radius 3 is 2.38 bits per heavy atom. The number of benzene rings is 2. The third-order valence-electron chi connectivity index (χ3n) is 9.70. The van der Waals surface area contributed by atoms with Crippen LogP contribution in [0.15, 0.2) is 48.9 Å². The number of methoxy groups -OCH3 is 1. The molecule has 0 bridgehead atoms. The molecule has 2 aromatic heterocycles. The van der Waals surface area contributed by atoms with Crippen molar-refractivity contribution < 1.29 is 42.2 Å². The monoisotopic (exact) mass is 715 g/mol. The van der Waals surface area contributed by atoms with Crippen LogP contribution < -0.4 is 15.4 Å². The average Bonchev–Trinajstić information content (AvgIpc) is 3.64. The highest BCUT2D eigenvalue weighted by Crippen LogP contribution is 2.61. The van der Waals surface area contributed by atoms with Crippen LogP contribution in [0.4, 0.5) is 36.3 Å². The SMILES string of the molecule is CCC(CC)(c1ccc(Nc2ncc(C(F)(F)F)c(Nc3ccc(-c4cnn(C5CC(O)C5)c4)c4c3C(=O)N(C)C4)n2)c(OC)c1)P(=O)(O)O. The Morgan fingerprint density at radius 1 is 1.06 bits per heavy atom. The second-order valence-corrected chi connectivity index (χ2v) is 14.5. The molecule has 4 aromatic rings. The van der Waals surface area contributed by atoms with Crippen LogP contribution >= 0.6 is 7.60 Å². The number of fused-ring (bicyclic) bond motifs is 1. The summed E-state index contributed by atoms with van der Waals surface area (Å²) in [5, 5.41) is 18.3. The van der Waals surface area contributed by atoms with E-state index in [0.717, 1.165) is 5.56 Å². The van der Waals surface area contributed by atoms with Gasteiger partial charge in [-0.05, 0) is 60.6 Å². The molecule has 50 heavy (non-hydrogen) atoms. The van der Waals surface area contributed by atoms with E-state index >= 15 is 0 Å². The first-order chi connectivity index (χ1) is 23.6. The van der Waals surface area contributed by atoms with Crippen LogP contribution in [-0.4, -0.2) is 65.7 Å². The van der Waals surface area contributed by atoms with Crippen molar-refractivity contribution in [3.8, 4) is 16.9 Å². The van der Waals surface area contributed by atoms with Crippen molar-refractivity contribution in [3.63, 3.8) is 0 Å². The molecule has 5 N–H and O–H groups in total. The van der Waals surface area contributed by atoms with Crippen molar-refractivity contribution in [1.29, 1.82) is 0 Å². The van der Waals surface area contributed by atoms with E-state index in [1.807, 2.05) is 6.20 Å². The number of rotatable bonds is 11. The van der Waals surface area contributed by atoms with Gasteiger partial charge in [0.25, 0.3) is 5.91 Å². The molecule has 1 amide bonds. The van der Waals surface area contributed by atoms with E-state index in [1.165, 1.54) is 36.3 Å². The average molecular weight is 716 g/mol. The number of nitrogens with zero attached hydrogens (tertiary/aromatic N) is 5. The second-order valence-electron chi connectivity index (χ2n) is 12.6. The van der Waals surface area contributed by atoms with Crippen molar-refractivity contribution in [1.82, 2.24) is 24.6 Å². The quantitative estimate of drug-likeness (QED) is 0.110. The minimum absolute atomic E-state index is 0.0669. The third kappa shape index (κ3) is 6.21. The maximum atomic E-state index is 14.2. The van der Waals surface area contributed by atoms with Crippen LogP contribution in [0.2, 0.25) is 0 Å². The second kappa shape index (κ2) is 13.0. The van der Waals surface area contributed by atoms with Gasteiger partial charge in [0.1, 0.15) is 17.1 Å². The summed E-state index contributed by atoms with van der Waals surface area (Å²) < 4.78 is 62.5. The van der Waals surface area contributed by atoms with E-state index in [9.17, 15) is 37.4 Å². The van der Waals surface area contributed by atoms with Crippen LogP contribution in [0.3, 0.4) is 0 Å². The van der Waals surface area contributed by atoms with Crippen molar-refractivity contribution in [2.24, 2.45) is 0 Å². The molecule has 0 unspecified atom stereocenters. The highest BCUT2D eigenvalue weighted by atomic mass is 31.2. The highest BCUT2D eigenvalue weighted by Gasteiger charge is 2.45. The Hall–Kier alpha value is -4.50. The van der Waals surface area contributed by atoms with Crippen molar-refractivity contribution in [3.05, 3.63) is 71.2 Å². The maximum absolute atomic E-state index is 14.2. The molecule has 1 aliphatic heterocycles. The number of aliphatic hydroxyl groups excluding tert-OH is 1. The van der Waals surface area contributed by atoms with Crippen molar-refractivity contribution >= 4 is 36.6 Å². The summed E-state index contributed by atoms with van der Waals surface area (Å²) in [6.45, 7) is 3.58. The van der Waals surface area contributed by atoms with Crippen LogP contribution in [-0.2, 0) is 22.4 Å². The summed E-state index contributed by atoms with van der Waals surface area (Å²) in [6.07, 6.45) is 0.401. The molecule has 0 atom stereocenters. The van der Waals surface area contributed by atoms with Gasteiger partial charge in [-0.2, -0.15) is 23.3 Å². The van der Waals surface area contributed by atoms with Gasteiger partial charge in [-0.1, -0.05) is 26.0 Å². The van der Waals surface area contributed by atoms with Gasteiger partial charge in [-0.25, -0.2) is 4.98 Å². The lowest BCUT2D eigenvalue weighted by atomic mass is 9.90. The molecule has 13 nitrogen and oxygen atoms in total. The molecule has 0 spiro atoms. The number of aliphatic hydroxyl groups is 1. The molecule has 1 fully saturated rings. The largest absolute Gasteiger partial charge is 0.495 e. The van der Waals surface area contributed by atoms with E-state index < -0.39 is 30.3 Å². The van der Waals surface area contributed by atoms with Gasteiger partial charge in [0.2, 0.25) is 5.95 Å². The van der Waals surface area contributed by atoms with Crippen molar-refractivity contribution in [2.75, 3.05) is 24.8 Å². The number of hydrogen-bond acceptors (Lipinski definition) is 9. The lowest BCUT2D eigenvalue weighted by Gasteiger charge is -2.33. The zero-order valence-corrected chi connectivity index (χ0v) is 28.6. The summed E-state index contributed by atoms with van der Waals surface area (Å²) in [5.41, 5.74) is 1.81. The zero-order valence-electron chi connectivity index (χ0n) is 27.7. The van der Waals surface area contributed by atoms with E-state index in [1.54, 1.807) is 37.8 Å². The van der Waals surface area contributed by atoms with Crippen molar-refractivity contribution in [2.45, 2.75) is 69.6 Å². The summed E-state index contributed by atoms with van der Waals surface area (Å²) in [4.78, 5) is 43.3. The molecular weight excluding hydrogens is 678 g/mol. The Bertz CT molecular complexity index is 1990. The molecule has 266 valence electrons. The maximum Gasteiger partial charge on any atom is 0.421 e. The number of carbonyl (C=O) groups is 1. The Morgan fingerprint density at radius 2 is 1.76 bits per heavy atom. The number of ether oxygens (including phenoxy) is 1. The topological polar surface area (TPSA) is 175 Å². The molecule has 17 heteroatoms. The molecule has 3 heterocycles. The lowest BCUT2D eigenvalue weighted by Crippen LogP contribution is -2.30. The van der Waals surface area contributed by atoms with E-state index in [0.29, 0.717) is 35.7 Å². The standard InChI is InChI=1S/C33H37F3N7O6P/c1-5-32(6-2,50(46,47)48)19-7-9-25(27(11-19)49-4)40-31-37-15-24(33(34,35)36)29(41-31)39-26-10-8-22(23-17-42(3)30(45)28(23)26)18-14-38-43(16-18)20-12-21(44)13-20/h7-11,14-16,20-21,44H,5-6,12-13,17H2,1-4H3,(H2,46,47,48)(H2,37,39,40,41). The van der Waals surface area contributed by atoms with Gasteiger partial charge >= 0.3 is 13.8 Å². The summed E-state index contributed by atoms with van der Waals surface area (Å²) in [7, 11) is -1.64.